The van der Waals surface area contributed by atoms with Gasteiger partial charge in [-0.25, -0.2) is 4.90 Å². The van der Waals surface area contributed by atoms with Crippen molar-refractivity contribution in [1.82, 2.24) is 4.90 Å². The van der Waals surface area contributed by atoms with Crippen LogP contribution in [-0.2, 0) is 9.59 Å². The van der Waals surface area contributed by atoms with Crippen LogP contribution in [0.25, 0.3) is 0 Å². The zero-order valence-corrected chi connectivity index (χ0v) is 10.8. The molecule has 0 saturated carbocycles. The SMILES string of the molecule is O=C(CBr)CC(=O)N1C(=O)c2ccccc2C1=O. The van der Waals surface area contributed by atoms with E-state index in [0.717, 1.165) is 0 Å². The third-order valence-corrected chi connectivity index (χ3v) is 3.17. The van der Waals surface area contributed by atoms with Gasteiger partial charge in [0.15, 0.2) is 5.78 Å². The number of ketones is 1. The molecular weight excluding hydrogens is 302 g/mol. The van der Waals surface area contributed by atoms with Gasteiger partial charge in [0.2, 0.25) is 5.91 Å². The van der Waals surface area contributed by atoms with Crippen molar-refractivity contribution >= 4 is 39.4 Å². The molecule has 3 amide bonds. The fraction of sp³-hybridized carbons (Fsp3) is 0.167. The normalized spacial score (nSPS) is 13.7. The first kappa shape index (κ1) is 12.6. The summed E-state index contributed by atoms with van der Waals surface area (Å²) in [4.78, 5) is 47.2. The second kappa shape index (κ2) is 4.81. The van der Waals surface area contributed by atoms with Gasteiger partial charge in [0.1, 0.15) is 0 Å². The van der Waals surface area contributed by atoms with E-state index in [4.69, 9.17) is 0 Å². The second-order valence-electron chi connectivity index (χ2n) is 3.73. The van der Waals surface area contributed by atoms with Crippen LogP contribution in [0.4, 0.5) is 0 Å². The largest absolute Gasteiger partial charge is 0.298 e. The molecule has 0 spiro atoms. The Kier molecular flexibility index (Phi) is 3.38. The molecule has 0 radical (unpaired) electrons. The fourth-order valence-electron chi connectivity index (χ4n) is 1.71. The first-order valence-corrected chi connectivity index (χ1v) is 6.26. The van der Waals surface area contributed by atoms with Gasteiger partial charge < -0.3 is 0 Å². The van der Waals surface area contributed by atoms with Crippen molar-refractivity contribution in [1.29, 1.82) is 0 Å². The van der Waals surface area contributed by atoms with Crippen LogP contribution in [0.5, 0.6) is 0 Å². The number of Topliss-reactive ketones (excluding diaryl/α,β-unsaturated/α-hetero) is 1. The number of alkyl halides is 1. The highest BCUT2D eigenvalue weighted by atomic mass is 79.9. The molecule has 18 heavy (non-hydrogen) atoms. The van der Waals surface area contributed by atoms with Crippen molar-refractivity contribution in [3.63, 3.8) is 0 Å². The molecule has 0 bridgehead atoms. The van der Waals surface area contributed by atoms with Crippen LogP contribution in [0, 0.1) is 0 Å². The molecule has 6 heteroatoms. The summed E-state index contributed by atoms with van der Waals surface area (Å²) in [5.74, 6) is -2.49. The molecule has 1 aromatic carbocycles. The Bertz CT molecular complexity index is 532. The van der Waals surface area contributed by atoms with E-state index in [0.29, 0.717) is 4.90 Å². The molecule has 0 atom stereocenters. The van der Waals surface area contributed by atoms with E-state index in [1.165, 1.54) is 12.1 Å². The number of hydrogen-bond acceptors (Lipinski definition) is 4. The number of fused-ring (bicyclic) bond motifs is 1. The zero-order chi connectivity index (χ0) is 13.3. The number of carbonyl (C=O) groups is 4. The molecule has 5 nitrogen and oxygen atoms in total. The van der Waals surface area contributed by atoms with Crippen LogP contribution in [0.3, 0.4) is 0 Å². The zero-order valence-electron chi connectivity index (χ0n) is 9.18. The number of rotatable bonds is 3. The number of halogens is 1. The summed E-state index contributed by atoms with van der Waals surface area (Å²) >= 11 is 2.92. The van der Waals surface area contributed by atoms with E-state index in [9.17, 15) is 19.2 Å². The van der Waals surface area contributed by atoms with Crippen molar-refractivity contribution in [3.8, 4) is 0 Å². The van der Waals surface area contributed by atoms with Gasteiger partial charge in [-0.2, -0.15) is 0 Å². The molecule has 1 aliphatic heterocycles. The van der Waals surface area contributed by atoms with Crippen molar-refractivity contribution in [2.24, 2.45) is 0 Å². The van der Waals surface area contributed by atoms with Crippen LogP contribution < -0.4 is 0 Å². The van der Waals surface area contributed by atoms with Crippen molar-refractivity contribution in [2.45, 2.75) is 6.42 Å². The van der Waals surface area contributed by atoms with E-state index >= 15 is 0 Å². The Balaban J connectivity index is 2.29. The lowest BCUT2D eigenvalue weighted by atomic mass is 10.1. The van der Waals surface area contributed by atoms with Crippen molar-refractivity contribution in [2.75, 3.05) is 5.33 Å². The summed E-state index contributed by atoms with van der Waals surface area (Å²) in [6, 6.07) is 6.19. The standard InChI is InChI=1S/C12H8BrNO4/c13-6-7(15)5-10(16)14-11(17)8-3-1-2-4-9(8)12(14)18/h1-4H,5-6H2. The minimum absolute atomic E-state index is 0.0158. The van der Waals surface area contributed by atoms with Gasteiger partial charge in [-0.15, -0.1) is 0 Å². The monoisotopic (exact) mass is 309 g/mol. The summed E-state index contributed by atoms with van der Waals surface area (Å²) in [5.41, 5.74) is 0.393. The predicted molar refractivity (Wildman–Crippen MR) is 65.4 cm³/mol. The Hall–Kier alpha value is -1.82. The van der Waals surface area contributed by atoms with E-state index in [-0.39, 0.29) is 22.2 Å². The van der Waals surface area contributed by atoms with Crippen LogP contribution in [0.15, 0.2) is 24.3 Å². The molecule has 0 unspecified atom stereocenters. The van der Waals surface area contributed by atoms with Gasteiger partial charge in [-0.3, -0.25) is 19.2 Å². The van der Waals surface area contributed by atoms with E-state index in [1.807, 2.05) is 0 Å². The number of nitrogens with zero attached hydrogens (tertiary/aromatic N) is 1. The topological polar surface area (TPSA) is 71.5 Å². The third-order valence-electron chi connectivity index (χ3n) is 2.54. The first-order valence-electron chi connectivity index (χ1n) is 5.14. The van der Waals surface area contributed by atoms with Crippen molar-refractivity contribution < 1.29 is 19.2 Å². The molecule has 1 aromatic rings. The molecule has 0 saturated heterocycles. The Morgan fingerprint density at radius 1 is 1.06 bits per heavy atom. The lowest BCUT2D eigenvalue weighted by Gasteiger charge is -2.10. The summed E-state index contributed by atoms with van der Waals surface area (Å²) in [6.07, 6.45) is -0.462. The lowest BCUT2D eigenvalue weighted by molar-refractivity contribution is -0.130. The van der Waals surface area contributed by atoms with Crippen LogP contribution in [0.1, 0.15) is 27.1 Å². The molecule has 2 rings (SSSR count). The minimum atomic E-state index is -0.786. The maximum atomic E-state index is 11.9. The lowest BCUT2D eigenvalue weighted by Crippen LogP contribution is -2.37. The van der Waals surface area contributed by atoms with Crippen LogP contribution >= 0.6 is 15.9 Å². The number of amides is 3. The molecular formula is C12H8BrNO4. The highest BCUT2D eigenvalue weighted by Gasteiger charge is 2.39. The average molecular weight is 310 g/mol. The van der Waals surface area contributed by atoms with Crippen molar-refractivity contribution in [3.05, 3.63) is 35.4 Å². The van der Waals surface area contributed by atoms with Gasteiger partial charge in [-0.05, 0) is 12.1 Å². The summed E-state index contributed by atoms with van der Waals surface area (Å²) in [5, 5.41) is 0.0158. The summed E-state index contributed by atoms with van der Waals surface area (Å²) in [7, 11) is 0. The Morgan fingerprint density at radius 2 is 1.56 bits per heavy atom. The predicted octanol–water partition coefficient (Wildman–Crippen LogP) is 1.16. The highest BCUT2D eigenvalue weighted by molar-refractivity contribution is 9.09. The van der Waals surface area contributed by atoms with Gasteiger partial charge in [-0.1, -0.05) is 28.1 Å². The molecule has 1 heterocycles. The van der Waals surface area contributed by atoms with E-state index in [1.54, 1.807) is 12.1 Å². The number of carbonyl (C=O) groups excluding carboxylic acids is 4. The number of imide groups is 3. The van der Waals surface area contributed by atoms with Crippen LogP contribution in [-0.4, -0.2) is 33.7 Å². The molecule has 92 valence electrons. The molecule has 1 aliphatic rings. The first-order chi connectivity index (χ1) is 8.56. The van der Waals surface area contributed by atoms with Gasteiger partial charge >= 0.3 is 0 Å². The second-order valence-corrected chi connectivity index (χ2v) is 4.29. The molecule has 0 fully saturated rings. The summed E-state index contributed by atoms with van der Waals surface area (Å²) < 4.78 is 0. The smallest absolute Gasteiger partial charge is 0.268 e. The van der Waals surface area contributed by atoms with Crippen LogP contribution in [0.2, 0.25) is 0 Å². The molecule has 0 N–H and O–H groups in total. The van der Waals surface area contributed by atoms with E-state index in [2.05, 4.69) is 15.9 Å². The van der Waals surface area contributed by atoms with E-state index < -0.39 is 24.1 Å². The number of benzene rings is 1. The molecule has 0 aliphatic carbocycles. The quantitative estimate of drug-likeness (QED) is 0.477. The Labute approximate surface area is 111 Å². The van der Waals surface area contributed by atoms with Gasteiger partial charge in [0.25, 0.3) is 11.8 Å². The third kappa shape index (κ3) is 1.99. The maximum absolute atomic E-state index is 11.9. The van der Waals surface area contributed by atoms with Gasteiger partial charge in [0.05, 0.1) is 22.9 Å². The maximum Gasteiger partial charge on any atom is 0.268 e. The molecule has 0 aromatic heterocycles. The average Bonchev–Trinajstić information content (AvgIpc) is 2.62. The van der Waals surface area contributed by atoms with Gasteiger partial charge in [0, 0.05) is 0 Å². The highest BCUT2D eigenvalue weighted by Crippen LogP contribution is 2.23. The minimum Gasteiger partial charge on any atom is -0.298 e. The summed E-state index contributed by atoms with van der Waals surface area (Å²) in [6.45, 7) is 0. The Morgan fingerprint density at radius 3 is 2.00 bits per heavy atom. The number of hydrogen-bond donors (Lipinski definition) is 0. The fourth-order valence-corrected chi connectivity index (χ4v) is 1.91.